The van der Waals surface area contributed by atoms with Crippen molar-refractivity contribution in [3.05, 3.63) is 71.4 Å². The molecule has 0 unspecified atom stereocenters. The molecule has 3 nitrogen and oxygen atoms in total. The van der Waals surface area contributed by atoms with Crippen molar-refractivity contribution >= 4 is 22.6 Å². The Balaban J connectivity index is 2.18. The molecule has 0 radical (unpaired) electrons. The maximum absolute atomic E-state index is 12.7. The quantitative estimate of drug-likeness (QED) is 0.667. The number of nitrogens with zero attached hydrogens (tertiary/aromatic N) is 1. The molecule has 0 aliphatic carbocycles. The number of ketones is 1. The molecule has 1 heterocycles. The van der Waals surface area contributed by atoms with Gasteiger partial charge in [0.2, 0.25) is 0 Å². The van der Waals surface area contributed by atoms with Gasteiger partial charge in [0.25, 0.3) is 5.91 Å². The SMILES string of the molecule is CC(=O)c1cn(C(=O)c2ccc(C)cc2)c2ccccc12. The number of carbonyl (C=O) groups is 2. The minimum atomic E-state index is -0.126. The summed E-state index contributed by atoms with van der Waals surface area (Å²) in [5.74, 6) is -0.166. The zero-order chi connectivity index (χ0) is 15.0. The standard InChI is InChI=1S/C18H15NO2/c1-12-7-9-14(10-8-12)18(21)19-11-16(13(2)20)15-5-3-4-6-17(15)19/h3-11H,1-2H3. The number of rotatable bonds is 2. The van der Waals surface area contributed by atoms with E-state index in [-0.39, 0.29) is 11.7 Å². The molecular weight excluding hydrogens is 262 g/mol. The molecule has 0 saturated carbocycles. The van der Waals surface area contributed by atoms with E-state index in [1.165, 1.54) is 6.92 Å². The highest BCUT2D eigenvalue weighted by Crippen LogP contribution is 2.23. The fourth-order valence-electron chi connectivity index (χ4n) is 2.46. The topological polar surface area (TPSA) is 39.1 Å². The van der Waals surface area contributed by atoms with Crippen LogP contribution in [-0.4, -0.2) is 16.3 Å². The van der Waals surface area contributed by atoms with Gasteiger partial charge in [-0.25, -0.2) is 0 Å². The summed E-state index contributed by atoms with van der Waals surface area (Å²) in [6, 6.07) is 14.9. The Bertz CT molecular complexity index is 841. The van der Waals surface area contributed by atoms with Crippen LogP contribution in [0.25, 0.3) is 10.9 Å². The molecule has 3 rings (SSSR count). The van der Waals surface area contributed by atoms with Gasteiger partial charge < -0.3 is 0 Å². The van der Waals surface area contributed by atoms with Crippen LogP contribution in [0.1, 0.15) is 33.2 Å². The van der Waals surface area contributed by atoms with Crippen LogP contribution in [0, 0.1) is 6.92 Å². The molecule has 104 valence electrons. The number of hydrogen-bond donors (Lipinski definition) is 0. The van der Waals surface area contributed by atoms with Gasteiger partial charge in [-0.3, -0.25) is 14.2 Å². The summed E-state index contributed by atoms with van der Waals surface area (Å²) >= 11 is 0. The molecule has 0 aliphatic heterocycles. The van der Waals surface area contributed by atoms with E-state index in [0.717, 1.165) is 16.5 Å². The van der Waals surface area contributed by atoms with Gasteiger partial charge in [-0.15, -0.1) is 0 Å². The van der Waals surface area contributed by atoms with Crippen LogP contribution in [0.15, 0.2) is 54.7 Å². The van der Waals surface area contributed by atoms with Crippen LogP contribution in [0.5, 0.6) is 0 Å². The molecule has 2 aromatic carbocycles. The molecule has 0 aliphatic rings. The lowest BCUT2D eigenvalue weighted by atomic mass is 10.1. The smallest absolute Gasteiger partial charge is 0.262 e. The summed E-state index contributed by atoms with van der Waals surface area (Å²) in [5.41, 5.74) is 3.05. The Morgan fingerprint density at radius 2 is 1.62 bits per heavy atom. The molecule has 0 atom stereocenters. The largest absolute Gasteiger partial charge is 0.294 e. The zero-order valence-corrected chi connectivity index (χ0v) is 12.0. The van der Waals surface area contributed by atoms with Gasteiger partial charge in [-0.1, -0.05) is 35.9 Å². The van der Waals surface area contributed by atoms with Crippen LogP contribution >= 0.6 is 0 Å². The third kappa shape index (κ3) is 2.27. The highest BCUT2D eigenvalue weighted by atomic mass is 16.2. The summed E-state index contributed by atoms with van der Waals surface area (Å²) in [6.45, 7) is 3.50. The van der Waals surface area contributed by atoms with Crippen LogP contribution in [0.4, 0.5) is 0 Å². The predicted molar refractivity (Wildman–Crippen MR) is 82.9 cm³/mol. The van der Waals surface area contributed by atoms with E-state index in [1.54, 1.807) is 22.9 Å². The Hall–Kier alpha value is -2.68. The number of aryl methyl sites for hydroxylation is 1. The normalized spacial score (nSPS) is 10.8. The van der Waals surface area contributed by atoms with Gasteiger partial charge in [0.1, 0.15) is 0 Å². The Labute approximate surface area is 122 Å². The van der Waals surface area contributed by atoms with Crippen LogP contribution in [0.3, 0.4) is 0 Å². The molecule has 0 fully saturated rings. The molecule has 0 bridgehead atoms. The van der Waals surface area contributed by atoms with Crippen LogP contribution in [-0.2, 0) is 0 Å². The van der Waals surface area contributed by atoms with Gasteiger partial charge in [0, 0.05) is 22.7 Å². The van der Waals surface area contributed by atoms with E-state index in [0.29, 0.717) is 11.1 Å². The summed E-state index contributed by atoms with van der Waals surface area (Å²) in [6.07, 6.45) is 1.63. The summed E-state index contributed by atoms with van der Waals surface area (Å²) in [7, 11) is 0. The first-order valence-corrected chi connectivity index (χ1v) is 6.80. The molecule has 0 N–H and O–H groups in total. The second kappa shape index (κ2) is 5.02. The maximum Gasteiger partial charge on any atom is 0.262 e. The molecule has 21 heavy (non-hydrogen) atoms. The number of fused-ring (bicyclic) bond motifs is 1. The van der Waals surface area contributed by atoms with Crippen molar-refractivity contribution in [3.63, 3.8) is 0 Å². The summed E-state index contributed by atoms with van der Waals surface area (Å²) in [5, 5.41) is 0.811. The van der Waals surface area contributed by atoms with Crippen molar-refractivity contribution in [2.45, 2.75) is 13.8 Å². The number of benzene rings is 2. The maximum atomic E-state index is 12.7. The van der Waals surface area contributed by atoms with Crippen LogP contribution < -0.4 is 0 Å². The minimum absolute atomic E-state index is 0.0401. The second-order valence-electron chi connectivity index (χ2n) is 5.16. The van der Waals surface area contributed by atoms with E-state index in [2.05, 4.69) is 0 Å². The average molecular weight is 277 g/mol. The number of para-hydroxylation sites is 1. The number of hydrogen-bond acceptors (Lipinski definition) is 2. The molecule has 3 aromatic rings. The lowest BCUT2D eigenvalue weighted by molar-refractivity contribution is 0.0965. The second-order valence-corrected chi connectivity index (χ2v) is 5.16. The van der Waals surface area contributed by atoms with Gasteiger partial charge >= 0.3 is 0 Å². The van der Waals surface area contributed by atoms with Crippen molar-refractivity contribution in [1.29, 1.82) is 0 Å². The van der Waals surface area contributed by atoms with Gasteiger partial charge in [0.15, 0.2) is 5.78 Å². The predicted octanol–water partition coefficient (Wildman–Crippen LogP) is 3.84. The van der Waals surface area contributed by atoms with E-state index < -0.39 is 0 Å². The summed E-state index contributed by atoms with van der Waals surface area (Å²) in [4.78, 5) is 24.4. The third-order valence-corrected chi connectivity index (χ3v) is 3.61. The van der Waals surface area contributed by atoms with Gasteiger partial charge in [-0.05, 0) is 32.0 Å². The molecule has 0 amide bonds. The molecule has 3 heteroatoms. The van der Waals surface area contributed by atoms with Crippen molar-refractivity contribution < 1.29 is 9.59 Å². The minimum Gasteiger partial charge on any atom is -0.294 e. The Morgan fingerprint density at radius 3 is 2.29 bits per heavy atom. The molecule has 0 spiro atoms. The molecular formula is C18H15NO2. The highest BCUT2D eigenvalue weighted by molar-refractivity contribution is 6.11. The lowest BCUT2D eigenvalue weighted by Gasteiger charge is -2.04. The zero-order valence-electron chi connectivity index (χ0n) is 12.0. The average Bonchev–Trinajstić information content (AvgIpc) is 2.87. The fraction of sp³-hybridized carbons (Fsp3) is 0.111. The Kier molecular flexibility index (Phi) is 3.18. The van der Waals surface area contributed by atoms with Gasteiger partial charge in [-0.2, -0.15) is 0 Å². The Morgan fingerprint density at radius 1 is 0.952 bits per heavy atom. The van der Waals surface area contributed by atoms with Crippen molar-refractivity contribution in [1.82, 2.24) is 4.57 Å². The third-order valence-electron chi connectivity index (χ3n) is 3.61. The first-order chi connectivity index (χ1) is 10.1. The van der Waals surface area contributed by atoms with E-state index in [1.807, 2.05) is 43.3 Å². The number of Topliss-reactive ketones (excluding diaryl/α,β-unsaturated/α-hetero) is 1. The fourth-order valence-corrected chi connectivity index (χ4v) is 2.46. The monoisotopic (exact) mass is 277 g/mol. The first-order valence-electron chi connectivity index (χ1n) is 6.80. The van der Waals surface area contributed by atoms with Gasteiger partial charge in [0.05, 0.1) is 5.52 Å². The van der Waals surface area contributed by atoms with E-state index in [4.69, 9.17) is 0 Å². The van der Waals surface area contributed by atoms with E-state index in [9.17, 15) is 9.59 Å². The van der Waals surface area contributed by atoms with Crippen molar-refractivity contribution in [2.75, 3.05) is 0 Å². The molecule has 1 aromatic heterocycles. The lowest BCUT2D eigenvalue weighted by Crippen LogP contribution is -2.10. The number of carbonyl (C=O) groups excluding carboxylic acids is 2. The van der Waals surface area contributed by atoms with Crippen molar-refractivity contribution in [3.8, 4) is 0 Å². The van der Waals surface area contributed by atoms with Crippen LogP contribution in [0.2, 0.25) is 0 Å². The first kappa shape index (κ1) is 13.3. The van der Waals surface area contributed by atoms with Crippen molar-refractivity contribution in [2.24, 2.45) is 0 Å². The number of aromatic nitrogens is 1. The molecule has 0 saturated heterocycles. The highest BCUT2D eigenvalue weighted by Gasteiger charge is 2.16. The summed E-state index contributed by atoms with van der Waals surface area (Å²) < 4.78 is 1.55. The van der Waals surface area contributed by atoms with E-state index >= 15 is 0 Å².